The number of hydrogen-bond donors (Lipinski definition) is 3. The molecule has 474 valence electrons. The van der Waals surface area contributed by atoms with E-state index >= 15 is 0 Å². The molecule has 12 fully saturated rings. The van der Waals surface area contributed by atoms with E-state index in [1.807, 2.05) is 0 Å². The van der Waals surface area contributed by atoms with E-state index in [0.717, 1.165) is 56.8 Å². The van der Waals surface area contributed by atoms with E-state index in [1.165, 1.54) is 64.0 Å². The largest absolute Gasteiger partial charge is 0.511 e. The van der Waals surface area contributed by atoms with Crippen molar-refractivity contribution in [3.05, 3.63) is 72.9 Å². The molecular formula is C61H84F3NO19S. The van der Waals surface area contributed by atoms with Gasteiger partial charge in [0.2, 0.25) is 6.10 Å². The molecule has 12 aliphatic rings. The van der Waals surface area contributed by atoms with Crippen LogP contribution in [0.3, 0.4) is 0 Å². The van der Waals surface area contributed by atoms with Gasteiger partial charge in [-0.1, -0.05) is 46.4 Å². The van der Waals surface area contributed by atoms with Crippen LogP contribution in [0.4, 0.5) is 13.2 Å². The summed E-state index contributed by atoms with van der Waals surface area (Å²) in [5, 5.41) is 18.4. The number of ether oxygens (including phenoxy) is 7. The third-order valence-corrected chi connectivity index (χ3v) is 18.7. The molecule has 0 spiro atoms. The zero-order chi connectivity index (χ0) is 63.9. The van der Waals surface area contributed by atoms with E-state index in [1.54, 1.807) is 20.8 Å². The molecule has 8 atom stereocenters. The van der Waals surface area contributed by atoms with Crippen LogP contribution < -0.4 is 4.72 Å². The third kappa shape index (κ3) is 17.5. The zero-order valence-electron chi connectivity index (χ0n) is 49.8. The number of alkyl halides is 3. The highest BCUT2D eigenvalue weighted by molar-refractivity contribution is 7.90. The van der Waals surface area contributed by atoms with Crippen LogP contribution in [-0.4, -0.2) is 127 Å². The normalized spacial score (nSPS) is 33.0. The summed E-state index contributed by atoms with van der Waals surface area (Å²) in [5.74, 6) is 1.08. The lowest BCUT2D eigenvalue weighted by atomic mass is 9.49. The van der Waals surface area contributed by atoms with E-state index < -0.39 is 69.9 Å². The van der Waals surface area contributed by atoms with Crippen LogP contribution >= 0.6 is 0 Å². The molecule has 20 nitrogen and oxygen atoms in total. The molecule has 24 heteroatoms. The molecular weight excluding hydrogens is 1140 g/mol. The first-order chi connectivity index (χ1) is 39.4. The first-order valence-corrected chi connectivity index (χ1v) is 30.2. The predicted molar refractivity (Wildman–Crippen MR) is 300 cm³/mol. The number of halogens is 3. The van der Waals surface area contributed by atoms with Gasteiger partial charge in [-0.15, -0.1) is 0 Å². The number of esters is 7. The van der Waals surface area contributed by atoms with Crippen LogP contribution in [0.25, 0.3) is 0 Å². The van der Waals surface area contributed by atoms with Crippen LogP contribution in [-0.2, 0) is 81.5 Å². The van der Waals surface area contributed by atoms with Crippen LogP contribution in [0, 0.1) is 53.3 Å². The fourth-order valence-electron chi connectivity index (χ4n) is 14.2. The summed E-state index contributed by atoms with van der Waals surface area (Å²) in [6.45, 7) is 31.4. The first-order valence-electron chi connectivity index (χ1n) is 28.7. The maximum Gasteiger partial charge on any atom is 0.511 e. The SMILES string of the molecule is C=C(C)C(=O)O.C=C(C)C(=O)OC1(CC)C2CC3CC(C2)CC1C3.C=C(C)C(=O)OC12CC3CC(CC(O)(C3)C1)C2.C=C(C)C(=O)OC1C2CC3C(=O)OC1C3C2.C=C(C)C(=O)OC1CCOC1=O.C=C(C)C(=O)OCCNS(=O)(=O)C(F)(F)F. The number of carbonyl (C=O) groups excluding carboxylic acids is 7. The van der Waals surface area contributed by atoms with Gasteiger partial charge in [0, 0.05) is 64.7 Å². The minimum atomic E-state index is -5.38. The molecule has 10 aliphatic carbocycles. The number of cyclic esters (lactones) is 1. The number of aliphatic carboxylic acids is 1. The molecule has 10 bridgehead atoms. The Hall–Kier alpha value is -6.14. The average Bonchev–Trinajstić information content (AvgIpc) is 1.70. The molecule has 0 aromatic heterocycles. The number of rotatable bonds is 15. The second kappa shape index (κ2) is 28.1. The van der Waals surface area contributed by atoms with Crippen molar-refractivity contribution in [2.75, 3.05) is 19.8 Å². The lowest BCUT2D eigenvalue weighted by Gasteiger charge is -2.60. The van der Waals surface area contributed by atoms with Gasteiger partial charge >= 0.3 is 63.3 Å². The molecule has 2 saturated heterocycles. The van der Waals surface area contributed by atoms with Gasteiger partial charge in [-0.25, -0.2) is 46.7 Å². The molecule has 85 heavy (non-hydrogen) atoms. The maximum atomic E-state index is 12.0. The molecule has 12 rings (SSSR count). The number of sulfonamides is 1. The fourth-order valence-corrected chi connectivity index (χ4v) is 14.7. The van der Waals surface area contributed by atoms with Crippen molar-refractivity contribution in [3.63, 3.8) is 0 Å². The Bertz CT molecular complexity index is 2730. The van der Waals surface area contributed by atoms with Gasteiger partial charge in [0.15, 0.2) is 0 Å². The van der Waals surface area contributed by atoms with Crippen molar-refractivity contribution >= 4 is 57.8 Å². The zero-order valence-corrected chi connectivity index (χ0v) is 50.6. The van der Waals surface area contributed by atoms with Gasteiger partial charge in [-0.2, -0.15) is 13.2 Å². The van der Waals surface area contributed by atoms with E-state index in [9.17, 15) is 65.1 Å². The molecule has 0 amide bonds. The summed E-state index contributed by atoms with van der Waals surface area (Å²) in [6.07, 6.45) is 14.1. The molecule has 0 aromatic rings. The first kappa shape index (κ1) is 69.6. The van der Waals surface area contributed by atoms with Crippen molar-refractivity contribution in [2.45, 2.75) is 185 Å². The number of carboxylic acids is 1. The van der Waals surface area contributed by atoms with E-state index in [4.69, 9.17) is 28.8 Å². The topological polar surface area (TPSA) is 288 Å². The highest BCUT2D eigenvalue weighted by Gasteiger charge is 2.64. The van der Waals surface area contributed by atoms with E-state index in [-0.39, 0.29) is 70.2 Å². The van der Waals surface area contributed by atoms with Gasteiger partial charge in [-0.05, 0) is 161 Å². The lowest BCUT2D eigenvalue weighted by Crippen LogP contribution is -2.60. The number of aliphatic hydroxyl groups is 1. The molecule has 2 aliphatic heterocycles. The smallest absolute Gasteiger partial charge is 0.478 e. The third-order valence-electron chi connectivity index (χ3n) is 17.5. The van der Waals surface area contributed by atoms with E-state index in [0.29, 0.717) is 65.8 Å². The summed E-state index contributed by atoms with van der Waals surface area (Å²) in [6, 6.07) is 0. The lowest BCUT2D eigenvalue weighted by molar-refractivity contribution is -0.217. The summed E-state index contributed by atoms with van der Waals surface area (Å²) < 4.78 is 93.5. The van der Waals surface area contributed by atoms with Crippen LogP contribution in [0.15, 0.2) is 72.9 Å². The number of carboxylic acid groups (broad SMARTS) is 1. The van der Waals surface area contributed by atoms with Gasteiger partial charge in [0.25, 0.3) is 0 Å². The van der Waals surface area contributed by atoms with Crippen molar-refractivity contribution < 1.29 is 103 Å². The standard InChI is InChI=1S/C16H24O2.C14H20O3.C12H14O4.C8H10O4.C7H10F3NO4S.C4H6O2/c1-4-16(18-15(17)10(2)3)13-6-11-5-12(8-13)9-14(16)7-11;1-9(2)12(15)17-14-6-10-3-11(7-14)5-13(16,4-10)8-14;1-5(2)11(13)15-9-6-3-7-8(4-6)12(14)16-10(7)9;1-5(2)7(9)12-6-3-4-11-8(6)10;1-5(2)6(12)15-4-3-11-16(13,14)7(8,9)10;1-3(2)4(5)6/h11-14H,2,4-9H2,1,3H3;10-11,16H,1,3-8H2,2H3;6-10H,1,3-4H2,2H3;6H,1,3-4H2,2H3;11H,1,3-4H2,2H3;1H2,2H3,(H,5,6). The number of hydrogen-bond acceptors (Lipinski definition) is 18. The number of fused-ring (bicyclic) bond motifs is 1. The quantitative estimate of drug-likeness (QED) is 0.0598. The molecule has 8 unspecified atom stereocenters. The van der Waals surface area contributed by atoms with Gasteiger partial charge in [0.1, 0.15) is 30.0 Å². The van der Waals surface area contributed by atoms with Gasteiger partial charge in [0.05, 0.1) is 18.1 Å². The number of nitrogens with one attached hydrogen (secondary N) is 1. The minimum Gasteiger partial charge on any atom is -0.478 e. The Balaban J connectivity index is 0.000000190. The molecule has 0 aromatic carbocycles. The van der Waals surface area contributed by atoms with Crippen molar-refractivity contribution in [1.82, 2.24) is 4.72 Å². The van der Waals surface area contributed by atoms with Gasteiger partial charge < -0.3 is 43.4 Å². The van der Waals surface area contributed by atoms with Crippen molar-refractivity contribution in [2.24, 2.45) is 53.3 Å². The highest BCUT2D eigenvalue weighted by Crippen LogP contribution is 2.61. The minimum absolute atomic E-state index is 0.0646. The Morgan fingerprint density at radius 2 is 1.14 bits per heavy atom. The van der Waals surface area contributed by atoms with E-state index in [2.05, 4.69) is 55.9 Å². The molecule has 3 N–H and O–H groups in total. The average molecular weight is 1220 g/mol. The summed E-state index contributed by atoms with van der Waals surface area (Å²) in [5.41, 5.74) is -4.58. The van der Waals surface area contributed by atoms with Gasteiger partial charge in [-0.3, -0.25) is 4.79 Å². The highest BCUT2D eigenvalue weighted by atomic mass is 32.2. The maximum absolute atomic E-state index is 12.0. The summed E-state index contributed by atoms with van der Waals surface area (Å²) in [4.78, 5) is 88.7. The molecule has 0 radical (unpaired) electrons. The molecule has 10 saturated carbocycles. The predicted octanol–water partition coefficient (Wildman–Crippen LogP) is 8.57. The van der Waals surface area contributed by atoms with Crippen LogP contribution in [0.2, 0.25) is 0 Å². The second-order valence-corrected chi connectivity index (χ2v) is 26.6. The monoisotopic (exact) mass is 1220 g/mol. The Morgan fingerprint density at radius 1 is 0.659 bits per heavy atom. The summed E-state index contributed by atoms with van der Waals surface area (Å²) in [7, 11) is -5.38. The van der Waals surface area contributed by atoms with Crippen molar-refractivity contribution in [3.8, 4) is 0 Å². The van der Waals surface area contributed by atoms with Crippen LogP contribution in [0.5, 0.6) is 0 Å². The Kier molecular flexibility index (Phi) is 23.0. The second-order valence-electron chi connectivity index (χ2n) is 24.9. The Labute approximate surface area is 495 Å². The number of carbonyl (C=O) groups is 8. The summed E-state index contributed by atoms with van der Waals surface area (Å²) >= 11 is 0. The molecule has 2 heterocycles. The fraction of sp³-hybridized carbons (Fsp3) is 0.672. The van der Waals surface area contributed by atoms with Crippen molar-refractivity contribution in [1.29, 1.82) is 0 Å². The van der Waals surface area contributed by atoms with Crippen LogP contribution in [0.1, 0.15) is 145 Å². The Morgan fingerprint density at radius 3 is 1.58 bits per heavy atom.